The zero-order chi connectivity index (χ0) is 14.5. The monoisotopic (exact) mass is 280 g/mol. The number of ketones is 1. The van der Waals surface area contributed by atoms with Gasteiger partial charge in [0.1, 0.15) is 17.3 Å². The lowest BCUT2D eigenvalue weighted by molar-refractivity contribution is -0.142. The zero-order valence-corrected chi connectivity index (χ0v) is 12.8. The highest BCUT2D eigenvalue weighted by atomic mass is 16.6. The predicted molar refractivity (Wildman–Crippen MR) is 74.5 cm³/mol. The minimum atomic E-state index is -0.382. The van der Waals surface area contributed by atoms with Gasteiger partial charge >= 0.3 is 0 Å². The number of carbonyl (C=O) groups excluding carboxylic acids is 1. The third-order valence-corrected chi connectivity index (χ3v) is 5.09. The molecule has 0 radical (unpaired) electrons. The smallest absolute Gasteiger partial charge is 0.162 e. The van der Waals surface area contributed by atoms with Crippen LogP contribution < -0.4 is 0 Å². The van der Waals surface area contributed by atoms with Crippen molar-refractivity contribution in [1.82, 2.24) is 0 Å². The van der Waals surface area contributed by atoms with Crippen molar-refractivity contribution in [3.05, 3.63) is 11.6 Å². The molecule has 0 aromatic rings. The summed E-state index contributed by atoms with van der Waals surface area (Å²) in [6.07, 6.45) is 4.26. The number of Topliss-reactive ketones (excluding diaryl/α,β-unsaturated/α-hetero) is 1. The maximum absolute atomic E-state index is 12.2. The quantitative estimate of drug-likeness (QED) is 0.585. The van der Waals surface area contributed by atoms with E-state index in [9.17, 15) is 4.79 Å². The molecule has 2 heterocycles. The standard InChI is InChI=1S/C16H24O4/c1-10(2)5-6-12-15(3,20-12)14-13(18-4)11(17)7-8-16(14)9-19-16/h5,12-14H,6-9H2,1-4H3/t12-,13-,14-,15?,16+/m1/s1. The average Bonchev–Trinajstić information content (AvgIpc) is 3.29. The van der Waals surface area contributed by atoms with Gasteiger partial charge in [0.2, 0.25) is 0 Å². The normalized spacial score (nSPS) is 46.4. The van der Waals surface area contributed by atoms with Gasteiger partial charge < -0.3 is 14.2 Å². The summed E-state index contributed by atoms with van der Waals surface area (Å²) in [6, 6.07) is 0. The Bertz CT molecular complexity index is 447. The molecule has 4 nitrogen and oxygen atoms in total. The Morgan fingerprint density at radius 2 is 2.20 bits per heavy atom. The SMILES string of the molecule is CO[C@@H]1C(=O)CC[C@]2(CO2)[C@H]1C1(C)O[C@@H]1CC=C(C)C. The second-order valence-corrected chi connectivity index (χ2v) is 6.76. The molecule has 3 aliphatic rings. The Balaban J connectivity index is 1.80. The average molecular weight is 280 g/mol. The molecule has 112 valence electrons. The van der Waals surface area contributed by atoms with Gasteiger partial charge in [-0.1, -0.05) is 11.6 Å². The maximum Gasteiger partial charge on any atom is 0.162 e. The fourth-order valence-corrected chi connectivity index (χ4v) is 3.77. The molecule has 20 heavy (non-hydrogen) atoms. The summed E-state index contributed by atoms with van der Waals surface area (Å²) in [6.45, 7) is 7.02. The van der Waals surface area contributed by atoms with Gasteiger partial charge in [0.25, 0.3) is 0 Å². The summed E-state index contributed by atoms with van der Waals surface area (Å²) in [4.78, 5) is 12.2. The molecule has 2 aliphatic heterocycles. The second kappa shape index (κ2) is 4.65. The van der Waals surface area contributed by atoms with Gasteiger partial charge in [-0.15, -0.1) is 0 Å². The fraction of sp³-hybridized carbons (Fsp3) is 0.812. The molecule has 0 bridgehead atoms. The van der Waals surface area contributed by atoms with Gasteiger partial charge in [0, 0.05) is 13.5 Å². The van der Waals surface area contributed by atoms with Crippen LogP contribution >= 0.6 is 0 Å². The molecule has 1 spiro atoms. The molecular weight excluding hydrogens is 256 g/mol. The van der Waals surface area contributed by atoms with Gasteiger partial charge in [0.15, 0.2) is 5.78 Å². The zero-order valence-electron chi connectivity index (χ0n) is 12.8. The highest BCUT2D eigenvalue weighted by Gasteiger charge is 2.71. The van der Waals surface area contributed by atoms with Crippen LogP contribution in [0.4, 0.5) is 0 Å². The Morgan fingerprint density at radius 1 is 1.50 bits per heavy atom. The van der Waals surface area contributed by atoms with Gasteiger partial charge in [-0.2, -0.15) is 0 Å². The molecule has 0 aromatic heterocycles. The van der Waals surface area contributed by atoms with Crippen molar-refractivity contribution in [3.8, 4) is 0 Å². The lowest BCUT2D eigenvalue weighted by Gasteiger charge is -2.37. The first-order valence-electron chi connectivity index (χ1n) is 7.43. The van der Waals surface area contributed by atoms with Crippen molar-refractivity contribution in [1.29, 1.82) is 0 Å². The van der Waals surface area contributed by atoms with E-state index in [1.807, 2.05) is 0 Å². The van der Waals surface area contributed by atoms with Crippen LogP contribution in [0.15, 0.2) is 11.6 Å². The fourth-order valence-electron chi connectivity index (χ4n) is 3.77. The Morgan fingerprint density at radius 3 is 2.75 bits per heavy atom. The summed E-state index contributed by atoms with van der Waals surface area (Å²) >= 11 is 0. The van der Waals surface area contributed by atoms with Crippen molar-refractivity contribution in [2.45, 2.75) is 63.4 Å². The third-order valence-electron chi connectivity index (χ3n) is 5.09. The summed E-state index contributed by atoms with van der Waals surface area (Å²) in [5, 5.41) is 0. The second-order valence-electron chi connectivity index (χ2n) is 6.76. The summed E-state index contributed by atoms with van der Waals surface area (Å²) in [7, 11) is 1.62. The molecule has 5 atom stereocenters. The molecule has 1 unspecified atom stereocenters. The number of epoxide rings is 2. The van der Waals surface area contributed by atoms with Crippen LogP contribution in [0.25, 0.3) is 0 Å². The van der Waals surface area contributed by atoms with Crippen molar-refractivity contribution in [3.63, 3.8) is 0 Å². The van der Waals surface area contributed by atoms with E-state index in [1.54, 1.807) is 7.11 Å². The number of hydrogen-bond donors (Lipinski definition) is 0. The number of allylic oxidation sites excluding steroid dienone is 1. The first-order valence-corrected chi connectivity index (χ1v) is 7.43. The molecule has 1 aliphatic carbocycles. The Hall–Kier alpha value is -0.710. The van der Waals surface area contributed by atoms with E-state index in [2.05, 4.69) is 26.8 Å². The van der Waals surface area contributed by atoms with E-state index in [0.717, 1.165) is 19.4 Å². The lowest BCUT2D eigenvalue weighted by Crippen LogP contribution is -2.52. The van der Waals surface area contributed by atoms with Crippen molar-refractivity contribution >= 4 is 5.78 Å². The minimum Gasteiger partial charge on any atom is -0.373 e. The van der Waals surface area contributed by atoms with E-state index >= 15 is 0 Å². The molecule has 4 heteroatoms. The van der Waals surface area contributed by atoms with Crippen molar-refractivity contribution in [2.24, 2.45) is 5.92 Å². The van der Waals surface area contributed by atoms with Gasteiger partial charge in [-0.25, -0.2) is 0 Å². The number of hydrogen-bond acceptors (Lipinski definition) is 4. The first kappa shape index (κ1) is 14.2. The van der Waals surface area contributed by atoms with E-state index in [0.29, 0.717) is 6.42 Å². The largest absolute Gasteiger partial charge is 0.373 e. The predicted octanol–water partition coefficient (Wildman–Crippen LogP) is 2.26. The van der Waals surface area contributed by atoms with Gasteiger partial charge in [0.05, 0.1) is 18.6 Å². The molecule has 0 amide bonds. The van der Waals surface area contributed by atoms with E-state index < -0.39 is 0 Å². The lowest BCUT2D eigenvalue weighted by atomic mass is 9.69. The van der Waals surface area contributed by atoms with Crippen molar-refractivity contribution in [2.75, 3.05) is 13.7 Å². The minimum absolute atomic E-state index is 0.0248. The van der Waals surface area contributed by atoms with E-state index in [1.165, 1.54) is 5.57 Å². The molecule has 3 rings (SSSR count). The number of rotatable bonds is 4. The third kappa shape index (κ3) is 2.14. The van der Waals surface area contributed by atoms with Crippen molar-refractivity contribution < 1.29 is 19.0 Å². The van der Waals surface area contributed by atoms with Crippen LogP contribution in [-0.2, 0) is 19.0 Å². The number of methoxy groups -OCH3 is 1. The molecule has 1 saturated carbocycles. The van der Waals surface area contributed by atoms with Crippen LogP contribution in [0.5, 0.6) is 0 Å². The maximum atomic E-state index is 12.2. The van der Waals surface area contributed by atoms with E-state index in [-0.39, 0.29) is 35.1 Å². The molecule has 0 N–H and O–H groups in total. The highest BCUT2D eigenvalue weighted by molar-refractivity contribution is 5.85. The van der Waals surface area contributed by atoms with Crippen LogP contribution in [0.2, 0.25) is 0 Å². The van der Waals surface area contributed by atoms with Crippen LogP contribution in [0.1, 0.15) is 40.0 Å². The number of carbonyl (C=O) groups is 1. The summed E-state index contributed by atoms with van der Waals surface area (Å²) in [5.74, 6) is 0.216. The molecular formula is C16H24O4. The van der Waals surface area contributed by atoms with Gasteiger partial charge in [-0.05, 0) is 33.6 Å². The molecule has 2 saturated heterocycles. The molecule has 0 aromatic carbocycles. The summed E-state index contributed by atoms with van der Waals surface area (Å²) < 4.78 is 17.2. The molecule has 3 fully saturated rings. The summed E-state index contributed by atoms with van der Waals surface area (Å²) in [5.41, 5.74) is 0.825. The Labute approximate surface area is 120 Å². The number of ether oxygens (including phenoxy) is 3. The van der Waals surface area contributed by atoms with E-state index in [4.69, 9.17) is 14.2 Å². The first-order chi connectivity index (χ1) is 9.43. The Kier molecular flexibility index (Phi) is 3.31. The topological polar surface area (TPSA) is 51.4 Å². The van der Waals surface area contributed by atoms with Crippen LogP contribution in [-0.4, -0.2) is 42.9 Å². The van der Waals surface area contributed by atoms with Crippen LogP contribution in [0.3, 0.4) is 0 Å². The van der Waals surface area contributed by atoms with Crippen LogP contribution in [0, 0.1) is 5.92 Å². The highest BCUT2D eigenvalue weighted by Crippen LogP contribution is 2.58. The van der Waals surface area contributed by atoms with Gasteiger partial charge in [-0.3, -0.25) is 4.79 Å².